The standard InChI is InChI=1S/C13H21.C5H9F3Si.C5H5.Zr/c1-2-3-4-5-6-7-10-13-11-8-9-12-13;1-2-3-4-9-5(6,7)8;1-2-4-5-3-1;/h11-12H,2-8,10H2,1H3;2-4H2,1H3;1-3H,4H2;/q-1;;-1;+2. The zero-order valence-electron chi connectivity index (χ0n) is 17.5. The zero-order valence-corrected chi connectivity index (χ0v) is 21.0. The Hall–Kier alpha value is -0.150. The first-order valence-electron chi connectivity index (χ1n) is 10.5. The maximum absolute atomic E-state index is 11.8. The minimum absolute atomic E-state index is 0.406. The van der Waals surface area contributed by atoms with Crippen LogP contribution in [0, 0.1) is 12.2 Å². The first-order valence-corrected chi connectivity index (χ1v) is 15.9. The molecule has 5 heteroatoms. The van der Waals surface area contributed by atoms with Crippen LogP contribution in [0.25, 0.3) is 0 Å². The Morgan fingerprint density at radius 3 is 2.11 bits per heavy atom. The normalized spacial score (nSPS) is 14.3. The summed E-state index contributed by atoms with van der Waals surface area (Å²) in [5, 5.41) is 0. The third-order valence-electron chi connectivity index (χ3n) is 4.30. The van der Waals surface area contributed by atoms with E-state index in [1.54, 1.807) is 0 Å². The van der Waals surface area contributed by atoms with E-state index in [0.717, 1.165) is 25.7 Å². The number of hydrogen-bond acceptors (Lipinski definition) is 0. The van der Waals surface area contributed by atoms with Crippen LogP contribution >= 0.6 is 0 Å². The summed E-state index contributed by atoms with van der Waals surface area (Å²) in [6.45, 7) is 4.19. The zero-order chi connectivity index (χ0) is 21.1. The van der Waals surface area contributed by atoms with Crippen LogP contribution in [0.5, 0.6) is 0 Å². The van der Waals surface area contributed by atoms with Gasteiger partial charge in [-0.2, -0.15) is 12.2 Å². The van der Waals surface area contributed by atoms with Gasteiger partial charge in [0.15, 0.2) is 0 Å². The van der Waals surface area contributed by atoms with Gasteiger partial charge in [-0.3, -0.25) is 12.2 Å². The largest absolute Gasteiger partial charge is 0.273 e. The van der Waals surface area contributed by atoms with Crippen LogP contribution in [0.3, 0.4) is 0 Å². The first kappa shape index (κ1) is 27.8. The Labute approximate surface area is 185 Å². The molecule has 156 valence electrons. The molecule has 0 radical (unpaired) electrons. The van der Waals surface area contributed by atoms with Crippen molar-refractivity contribution in [3.63, 3.8) is 0 Å². The van der Waals surface area contributed by atoms with Crippen LogP contribution < -0.4 is 0 Å². The molecule has 0 nitrogen and oxygen atoms in total. The van der Waals surface area contributed by atoms with E-state index in [-0.39, 0.29) is 0 Å². The molecule has 0 unspecified atom stereocenters. The van der Waals surface area contributed by atoms with E-state index in [4.69, 9.17) is 0 Å². The van der Waals surface area contributed by atoms with Crippen molar-refractivity contribution in [2.24, 2.45) is 0 Å². The van der Waals surface area contributed by atoms with Gasteiger partial charge >= 0.3 is 73.5 Å². The predicted molar refractivity (Wildman–Crippen MR) is 112 cm³/mol. The smallest absolute Gasteiger partial charge is 0.109 e. The molecule has 0 fully saturated rings. The fourth-order valence-corrected chi connectivity index (χ4v) is 4.85. The second-order valence-electron chi connectivity index (χ2n) is 6.93. The van der Waals surface area contributed by atoms with Crippen molar-refractivity contribution in [1.82, 2.24) is 0 Å². The van der Waals surface area contributed by atoms with Crippen molar-refractivity contribution in [3.05, 3.63) is 48.1 Å². The third-order valence-corrected chi connectivity index (χ3v) is 9.77. The van der Waals surface area contributed by atoms with Gasteiger partial charge in [0.25, 0.3) is 0 Å². The summed E-state index contributed by atoms with van der Waals surface area (Å²) in [7, 11) is 0. The molecule has 0 saturated heterocycles. The van der Waals surface area contributed by atoms with Crippen molar-refractivity contribution in [2.45, 2.75) is 96.3 Å². The molecule has 2 aliphatic carbocycles. The van der Waals surface area contributed by atoms with E-state index in [9.17, 15) is 13.2 Å². The summed E-state index contributed by atoms with van der Waals surface area (Å²) in [5.74, 6) is -3.85. The average Bonchev–Trinajstić information content (AvgIpc) is 3.39. The van der Waals surface area contributed by atoms with Crippen LogP contribution in [0.4, 0.5) is 13.2 Å². The van der Waals surface area contributed by atoms with Crippen molar-refractivity contribution in [1.29, 1.82) is 0 Å². The maximum atomic E-state index is 11.8. The van der Waals surface area contributed by atoms with Gasteiger partial charge in [0.05, 0.1) is 0 Å². The van der Waals surface area contributed by atoms with Crippen LogP contribution in [0.2, 0.25) is 6.04 Å². The fourth-order valence-electron chi connectivity index (χ4n) is 2.56. The quantitative estimate of drug-likeness (QED) is 0.166. The molecule has 28 heavy (non-hydrogen) atoms. The SMILES string of the molecule is CCCCCCCCC1=CC[C-]=C1.CCCC[Si](=[Zr+2])C(F)(F)F.[C-]1=CC=CC1. The van der Waals surface area contributed by atoms with Gasteiger partial charge in [0.1, 0.15) is 0 Å². The molecule has 0 amide bonds. The summed E-state index contributed by atoms with van der Waals surface area (Å²) in [6.07, 6.45) is 30.0. The average molecular weight is 488 g/mol. The summed E-state index contributed by atoms with van der Waals surface area (Å²) >= 11 is 0.689. The van der Waals surface area contributed by atoms with Gasteiger partial charge < -0.3 is 0 Å². The van der Waals surface area contributed by atoms with Gasteiger partial charge in [0.2, 0.25) is 0 Å². The molecule has 0 spiro atoms. The molecule has 0 heterocycles. The van der Waals surface area contributed by atoms with E-state index in [0.29, 0.717) is 29.4 Å². The van der Waals surface area contributed by atoms with E-state index < -0.39 is 11.2 Å². The second kappa shape index (κ2) is 18.9. The molecule has 2 rings (SSSR count). The molecule has 0 saturated carbocycles. The van der Waals surface area contributed by atoms with Crippen LogP contribution in [0.1, 0.15) is 84.5 Å². The summed E-state index contributed by atoms with van der Waals surface area (Å²) < 4.78 is 35.5. The minimum Gasteiger partial charge on any atom is -0.273 e. The van der Waals surface area contributed by atoms with Crippen molar-refractivity contribution in [3.8, 4) is 0 Å². The summed E-state index contributed by atoms with van der Waals surface area (Å²) in [6, 6.07) is 0.406. The van der Waals surface area contributed by atoms with Gasteiger partial charge in [0, 0.05) is 0 Å². The predicted octanol–water partition coefficient (Wildman–Crippen LogP) is 8.16. The molecular formula is C23H35F3SiZr. The number of allylic oxidation sites excluding steroid dienone is 8. The molecule has 0 bridgehead atoms. The van der Waals surface area contributed by atoms with Crippen molar-refractivity contribution < 1.29 is 36.5 Å². The Balaban J connectivity index is 0.000000428. The summed E-state index contributed by atoms with van der Waals surface area (Å²) in [4.78, 5) is 0. The number of hydrogen-bond donors (Lipinski definition) is 0. The van der Waals surface area contributed by atoms with Gasteiger partial charge in [-0.1, -0.05) is 51.9 Å². The molecule has 0 N–H and O–H groups in total. The van der Waals surface area contributed by atoms with Crippen LogP contribution in [-0.2, 0) is 23.3 Å². The second-order valence-corrected chi connectivity index (χ2v) is 13.4. The Morgan fingerprint density at radius 1 is 0.964 bits per heavy atom. The van der Waals surface area contributed by atoms with Gasteiger partial charge in [-0.05, 0) is 0 Å². The molecular weight excluding hydrogens is 453 g/mol. The third kappa shape index (κ3) is 17.9. The first-order chi connectivity index (χ1) is 13.4. The summed E-state index contributed by atoms with van der Waals surface area (Å²) in [5.41, 5.74) is -0.468. The molecule has 0 aromatic carbocycles. The number of unbranched alkanes of at least 4 members (excludes halogenated alkanes) is 6. The van der Waals surface area contributed by atoms with E-state index in [1.807, 2.05) is 19.1 Å². The van der Waals surface area contributed by atoms with E-state index >= 15 is 0 Å². The Bertz CT molecular complexity index is 506. The Morgan fingerprint density at radius 2 is 1.64 bits per heavy atom. The molecule has 0 aromatic heterocycles. The van der Waals surface area contributed by atoms with Crippen molar-refractivity contribution >= 4 is 5.43 Å². The van der Waals surface area contributed by atoms with Crippen LogP contribution in [0.15, 0.2) is 36.0 Å². The molecule has 0 aliphatic heterocycles. The maximum Gasteiger partial charge on any atom is -0.109 e. The minimum atomic E-state index is -3.85. The van der Waals surface area contributed by atoms with E-state index in [1.165, 1.54) is 50.5 Å². The Kier molecular flexibility index (Phi) is 18.8. The number of alkyl halides is 3. The molecule has 0 atom stereocenters. The molecule has 0 aromatic rings. The van der Waals surface area contributed by atoms with Gasteiger partial charge in [-0.15, -0.1) is 12.8 Å². The topological polar surface area (TPSA) is 0 Å². The number of halogens is 3. The monoisotopic (exact) mass is 486 g/mol. The van der Waals surface area contributed by atoms with E-state index in [2.05, 4.69) is 37.3 Å². The van der Waals surface area contributed by atoms with Gasteiger partial charge in [-0.25, -0.2) is 23.8 Å². The van der Waals surface area contributed by atoms with Crippen molar-refractivity contribution in [2.75, 3.05) is 0 Å². The van der Waals surface area contributed by atoms with Crippen LogP contribution in [-0.4, -0.2) is 11.2 Å². The fraction of sp³-hybridized carbons (Fsp3) is 0.652. The number of rotatable bonds is 10. The molecule has 2 aliphatic rings.